The van der Waals surface area contributed by atoms with E-state index in [0.29, 0.717) is 6.04 Å². The van der Waals surface area contributed by atoms with Crippen molar-refractivity contribution in [1.82, 2.24) is 10.6 Å². The Kier molecular flexibility index (Phi) is 5.19. The van der Waals surface area contributed by atoms with Crippen molar-refractivity contribution in [1.29, 1.82) is 0 Å². The maximum Gasteiger partial charge on any atom is 0.246 e. The molecule has 1 heterocycles. The predicted molar refractivity (Wildman–Crippen MR) is 71.9 cm³/mol. The Balaban J connectivity index is 2.44. The second-order valence-electron chi connectivity index (χ2n) is 5.60. The van der Waals surface area contributed by atoms with Crippen LogP contribution < -0.4 is 10.6 Å². The lowest BCUT2D eigenvalue weighted by atomic mass is 9.77. The minimum Gasteiger partial charge on any atom is -0.351 e. The number of nitrogens with one attached hydrogen (secondary N) is 2. The number of allylic oxidation sites excluding steroid dienone is 1. The molecule has 1 aliphatic heterocycles. The quantitative estimate of drug-likeness (QED) is 0.738. The molecule has 3 heteroatoms. The number of amides is 1. The average Bonchev–Trinajstić information content (AvgIpc) is 2.27. The first-order valence-corrected chi connectivity index (χ1v) is 6.65. The van der Waals surface area contributed by atoms with Crippen LogP contribution in [0.2, 0.25) is 0 Å². The fourth-order valence-corrected chi connectivity index (χ4v) is 2.35. The fourth-order valence-electron chi connectivity index (χ4n) is 2.35. The van der Waals surface area contributed by atoms with E-state index >= 15 is 0 Å². The van der Waals surface area contributed by atoms with Gasteiger partial charge in [-0.3, -0.25) is 4.79 Å². The molecule has 3 nitrogen and oxygen atoms in total. The van der Waals surface area contributed by atoms with Crippen molar-refractivity contribution in [3.63, 3.8) is 0 Å². The van der Waals surface area contributed by atoms with Gasteiger partial charge < -0.3 is 10.6 Å². The van der Waals surface area contributed by atoms with Crippen molar-refractivity contribution in [2.75, 3.05) is 13.1 Å². The first kappa shape index (κ1) is 14.2. The van der Waals surface area contributed by atoms with Gasteiger partial charge in [-0.25, -0.2) is 0 Å². The summed E-state index contributed by atoms with van der Waals surface area (Å²) in [4.78, 5) is 11.8. The van der Waals surface area contributed by atoms with E-state index in [1.807, 2.05) is 19.9 Å². The summed E-state index contributed by atoms with van der Waals surface area (Å²) in [5.74, 6) is 0.0648. The van der Waals surface area contributed by atoms with Gasteiger partial charge in [-0.2, -0.15) is 0 Å². The molecule has 0 bridgehead atoms. The second-order valence-corrected chi connectivity index (χ2v) is 5.60. The van der Waals surface area contributed by atoms with Crippen molar-refractivity contribution in [3.8, 4) is 0 Å². The van der Waals surface area contributed by atoms with E-state index in [9.17, 15) is 4.79 Å². The van der Waals surface area contributed by atoms with E-state index in [1.165, 1.54) is 12.8 Å². The predicted octanol–water partition coefficient (Wildman–Crippen LogP) is 2.24. The minimum atomic E-state index is 0.0648. The normalized spacial score (nSPS) is 24.5. The van der Waals surface area contributed by atoms with E-state index < -0.39 is 0 Å². The molecule has 1 atom stereocenters. The molecule has 1 rings (SSSR count). The summed E-state index contributed by atoms with van der Waals surface area (Å²) in [7, 11) is 0. The third-order valence-corrected chi connectivity index (χ3v) is 3.67. The molecule has 1 unspecified atom stereocenters. The summed E-state index contributed by atoms with van der Waals surface area (Å²) in [6.45, 7) is 10.2. The first-order chi connectivity index (χ1) is 7.97. The molecular weight excluding hydrogens is 212 g/mol. The Morgan fingerprint density at radius 1 is 1.53 bits per heavy atom. The molecule has 0 aromatic carbocycles. The Hall–Kier alpha value is -0.830. The third-order valence-electron chi connectivity index (χ3n) is 3.67. The van der Waals surface area contributed by atoms with Crippen LogP contribution in [0.3, 0.4) is 0 Å². The SMILES string of the molecule is CC/C=C(/C)C(=O)NCC1NCCCC1(C)C. The van der Waals surface area contributed by atoms with Gasteiger partial charge in [0.15, 0.2) is 0 Å². The Morgan fingerprint density at radius 3 is 2.82 bits per heavy atom. The van der Waals surface area contributed by atoms with Gasteiger partial charge in [0.1, 0.15) is 0 Å². The summed E-state index contributed by atoms with van der Waals surface area (Å²) >= 11 is 0. The largest absolute Gasteiger partial charge is 0.351 e. The fraction of sp³-hybridized carbons (Fsp3) is 0.786. The van der Waals surface area contributed by atoms with Gasteiger partial charge >= 0.3 is 0 Å². The standard InChI is InChI=1S/C14H26N2O/c1-5-7-11(2)13(17)16-10-12-14(3,4)8-6-9-15-12/h7,12,15H,5-6,8-10H2,1-4H3,(H,16,17)/b11-7-. The number of hydrogen-bond donors (Lipinski definition) is 2. The Bertz CT molecular complexity index is 295. The van der Waals surface area contributed by atoms with Crippen molar-refractivity contribution in [2.24, 2.45) is 5.41 Å². The van der Waals surface area contributed by atoms with Crippen LogP contribution in [0, 0.1) is 5.41 Å². The molecule has 0 aliphatic carbocycles. The first-order valence-electron chi connectivity index (χ1n) is 6.65. The molecule has 2 N–H and O–H groups in total. The van der Waals surface area contributed by atoms with Crippen molar-refractivity contribution >= 4 is 5.91 Å². The Labute approximate surface area is 105 Å². The van der Waals surface area contributed by atoms with Crippen LogP contribution in [0.15, 0.2) is 11.6 Å². The Morgan fingerprint density at radius 2 is 2.24 bits per heavy atom. The third kappa shape index (κ3) is 4.15. The van der Waals surface area contributed by atoms with Crippen LogP contribution >= 0.6 is 0 Å². The van der Waals surface area contributed by atoms with Crippen molar-refractivity contribution in [3.05, 3.63) is 11.6 Å². The van der Waals surface area contributed by atoms with Gasteiger partial charge in [0, 0.05) is 18.2 Å². The summed E-state index contributed by atoms with van der Waals surface area (Å²) in [6.07, 6.45) is 5.33. The molecule has 0 radical (unpaired) electrons. The van der Waals surface area contributed by atoms with Crippen LogP contribution in [-0.4, -0.2) is 25.0 Å². The zero-order valence-electron chi connectivity index (χ0n) is 11.6. The van der Waals surface area contributed by atoms with Crippen LogP contribution in [0.5, 0.6) is 0 Å². The molecular formula is C14H26N2O. The van der Waals surface area contributed by atoms with Crippen molar-refractivity contribution in [2.45, 2.75) is 53.0 Å². The molecule has 1 aliphatic rings. The number of carbonyl (C=O) groups excluding carboxylic acids is 1. The van der Waals surface area contributed by atoms with E-state index in [4.69, 9.17) is 0 Å². The van der Waals surface area contributed by atoms with Gasteiger partial charge in [-0.15, -0.1) is 0 Å². The molecule has 98 valence electrons. The number of carbonyl (C=O) groups is 1. The highest BCUT2D eigenvalue weighted by atomic mass is 16.1. The van der Waals surface area contributed by atoms with Crippen LogP contribution in [0.4, 0.5) is 0 Å². The zero-order valence-corrected chi connectivity index (χ0v) is 11.6. The smallest absolute Gasteiger partial charge is 0.246 e. The van der Waals surface area contributed by atoms with Crippen LogP contribution in [0.1, 0.15) is 47.0 Å². The van der Waals surface area contributed by atoms with E-state index in [0.717, 1.165) is 25.1 Å². The average molecular weight is 238 g/mol. The molecule has 17 heavy (non-hydrogen) atoms. The van der Waals surface area contributed by atoms with E-state index in [1.54, 1.807) is 0 Å². The summed E-state index contributed by atoms with van der Waals surface area (Å²) in [6, 6.07) is 0.384. The number of rotatable bonds is 4. The molecule has 0 spiro atoms. The maximum absolute atomic E-state index is 11.8. The summed E-state index contributed by atoms with van der Waals surface area (Å²) in [5, 5.41) is 6.52. The molecule has 1 saturated heterocycles. The van der Waals surface area contributed by atoms with Crippen LogP contribution in [0.25, 0.3) is 0 Å². The van der Waals surface area contributed by atoms with Gasteiger partial charge in [-0.1, -0.05) is 26.8 Å². The zero-order chi connectivity index (χ0) is 12.9. The highest BCUT2D eigenvalue weighted by Crippen LogP contribution is 2.29. The molecule has 0 aromatic heterocycles. The summed E-state index contributed by atoms with van der Waals surface area (Å²) in [5.41, 5.74) is 1.09. The molecule has 0 saturated carbocycles. The summed E-state index contributed by atoms with van der Waals surface area (Å²) < 4.78 is 0. The number of piperidine rings is 1. The highest BCUT2D eigenvalue weighted by molar-refractivity contribution is 5.92. The lowest BCUT2D eigenvalue weighted by Crippen LogP contribution is -2.52. The van der Waals surface area contributed by atoms with Gasteiger partial charge in [0.05, 0.1) is 0 Å². The lowest BCUT2D eigenvalue weighted by molar-refractivity contribution is -0.117. The van der Waals surface area contributed by atoms with Gasteiger partial charge in [0.25, 0.3) is 0 Å². The van der Waals surface area contributed by atoms with Crippen molar-refractivity contribution < 1.29 is 4.79 Å². The number of hydrogen-bond acceptors (Lipinski definition) is 2. The topological polar surface area (TPSA) is 41.1 Å². The second kappa shape index (κ2) is 6.20. The van der Waals surface area contributed by atoms with Gasteiger partial charge in [-0.05, 0) is 38.1 Å². The molecule has 1 fully saturated rings. The molecule has 0 aromatic rings. The highest BCUT2D eigenvalue weighted by Gasteiger charge is 2.31. The van der Waals surface area contributed by atoms with Gasteiger partial charge in [0.2, 0.25) is 5.91 Å². The minimum absolute atomic E-state index is 0.0648. The maximum atomic E-state index is 11.8. The monoisotopic (exact) mass is 238 g/mol. The molecule has 1 amide bonds. The van der Waals surface area contributed by atoms with E-state index in [-0.39, 0.29) is 11.3 Å². The van der Waals surface area contributed by atoms with E-state index in [2.05, 4.69) is 24.5 Å². The van der Waals surface area contributed by atoms with Crippen LogP contribution in [-0.2, 0) is 4.79 Å². The lowest BCUT2D eigenvalue weighted by Gasteiger charge is -2.39.